The molecule has 7 amide bonds. The van der Waals surface area contributed by atoms with Crippen LogP contribution in [0.5, 0.6) is 0 Å². The number of carbonyl (C=O) groups excluding carboxylic acids is 7. The number of nitrogens with zero attached hydrogens (tertiary/aromatic N) is 1. The van der Waals surface area contributed by atoms with Crippen molar-refractivity contribution in [3.8, 4) is 0 Å². The summed E-state index contributed by atoms with van der Waals surface area (Å²) < 4.78 is 0. The Morgan fingerprint density at radius 2 is 1.03 bits per heavy atom. The number of aliphatic hydroxyl groups is 2. The summed E-state index contributed by atoms with van der Waals surface area (Å²) in [6.45, 7) is 3.60. The molecule has 0 fully saturated rings. The van der Waals surface area contributed by atoms with Gasteiger partial charge in [0.25, 0.3) is 0 Å². The summed E-state index contributed by atoms with van der Waals surface area (Å²) in [4.78, 5) is 142. The number of nitrogens with two attached hydrogens (primary N) is 3. The standard InChI is InChI=1S/C48H65N13O15/c1-22(40(68)58-33(17-25-20-53-29-11-6-4-9-27(25)29)43(71)59-35(19-37(66)67)44(72)57-32(47(75)76)13-8-16-52-48(50)51)55-41(69)31(14-15-36(64)65)56-42(70)34(18-26-21-54-30-12-7-5-10-28(26)30)60-46(74)39(24(3)63)61-45(73)38(49)23(2)62/h4-7,9-12,20-24,31-35,38-39,53-54,62-63H,8,13-19,49H2,1-3H3,(H,55,69)(H,56,70)(H,57,72)(H,58,68)(H,59,71)(H,60,74)(H,61,73)(H,64,65)(H,66,67)(H,75,76)(H4,50,51,52)/t22-,23+,24+,31-,32-,33-,34-,35-,38-,39-/m0/s1. The van der Waals surface area contributed by atoms with Crippen LogP contribution >= 0.6 is 0 Å². The number of carboxylic acids is 3. The van der Waals surface area contributed by atoms with Gasteiger partial charge >= 0.3 is 17.9 Å². The van der Waals surface area contributed by atoms with Crippen LogP contribution in [0.15, 0.2) is 65.9 Å². The molecule has 76 heavy (non-hydrogen) atoms. The fraction of sp³-hybridized carbons (Fsp3) is 0.438. The quantitative estimate of drug-likeness (QED) is 0.0136. The van der Waals surface area contributed by atoms with Crippen molar-refractivity contribution in [1.82, 2.24) is 47.2 Å². The monoisotopic (exact) mass is 1060 g/mol. The lowest BCUT2D eigenvalue weighted by molar-refractivity contribution is -0.144. The summed E-state index contributed by atoms with van der Waals surface area (Å²) >= 11 is 0. The predicted octanol–water partition coefficient (Wildman–Crippen LogP) is -3.59. The van der Waals surface area contributed by atoms with Crippen molar-refractivity contribution in [2.24, 2.45) is 22.2 Å². The minimum Gasteiger partial charge on any atom is -0.481 e. The van der Waals surface area contributed by atoms with Crippen LogP contribution in [0.25, 0.3) is 21.8 Å². The first-order chi connectivity index (χ1) is 35.9. The molecule has 0 radical (unpaired) electrons. The van der Waals surface area contributed by atoms with E-state index in [0.717, 1.165) is 0 Å². The number of amides is 7. The number of carboxylic acid groups (broad SMARTS) is 3. The van der Waals surface area contributed by atoms with E-state index in [-0.39, 0.29) is 38.2 Å². The first kappa shape index (κ1) is 59.9. The predicted molar refractivity (Wildman–Crippen MR) is 271 cm³/mol. The molecule has 4 rings (SSSR count). The summed E-state index contributed by atoms with van der Waals surface area (Å²) in [7, 11) is 0. The molecule has 4 aromatic rings. The molecule has 2 aromatic carbocycles. The van der Waals surface area contributed by atoms with Crippen LogP contribution in [0, 0.1) is 0 Å². The smallest absolute Gasteiger partial charge is 0.326 e. The maximum absolute atomic E-state index is 14.3. The minimum atomic E-state index is -1.88. The molecular formula is C48H65N13O15. The van der Waals surface area contributed by atoms with Gasteiger partial charge in [-0.2, -0.15) is 0 Å². The Bertz CT molecular complexity index is 2770. The largest absolute Gasteiger partial charge is 0.481 e. The van der Waals surface area contributed by atoms with E-state index in [0.29, 0.717) is 32.9 Å². The summed E-state index contributed by atoms with van der Waals surface area (Å²) in [6.07, 6.45) is -2.75. The van der Waals surface area contributed by atoms with Crippen LogP contribution in [0.2, 0.25) is 0 Å². The number of carbonyl (C=O) groups is 10. The van der Waals surface area contributed by atoms with Gasteiger partial charge in [0, 0.05) is 60.0 Å². The van der Waals surface area contributed by atoms with Gasteiger partial charge in [0.2, 0.25) is 41.4 Å². The molecular weight excluding hydrogens is 999 g/mol. The van der Waals surface area contributed by atoms with Gasteiger partial charge in [0.05, 0.1) is 18.6 Å². The van der Waals surface area contributed by atoms with Crippen molar-refractivity contribution < 1.29 is 73.5 Å². The summed E-state index contributed by atoms with van der Waals surface area (Å²) in [6, 6.07) is 0.687. The van der Waals surface area contributed by atoms with Crippen molar-refractivity contribution in [2.75, 3.05) is 6.54 Å². The van der Waals surface area contributed by atoms with Crippen LogP contribution in [0.1, 0.15) is 64.0 Å². The summed E-state index contributed by atoms with van der Waals surface area (Å²) in [5.41, 5.74) is 18.6. The molecule has 0 bridgehead atoms. The van der Waals surface area contributed by atoms with Crippen molar-refractivity contribution in [3.05, 3.63) is 72.1 Å². The number of guanidine groups is 1. The Labute approximate surface area is 433 Å². The zero-order valence-electron chi connectivity index (χ0n) is 41.7. The normalized spacial score (nSPS) is 15.1. The van der Waals surface area contributed by atoms with E-state index in [2.05, 4.69) is 52.2 Å². The third-order valence-electron chi connectivity index (χ3n) is 12.0. The number of aliphatic carboxylic acids is 3. The molecule has 0 saturated carbocycles. The second-order valence-corrected chi connectivity index (χ2v) is 18.0. The number of nitrogens with one attached hydrogen (secondary N) is 9. The van der Waals surface area contributed by atoms with Crippen LogP contribution in [0.4, 0.5) is 0 Å². The lowest BCUT2D eigenvalue weighted by Crippen LogP contribution is -2.61. The summed E-state index contributed by atoms with van der Waals surface area (Å²) in [5.74, 6) is -12.2. The number of rotatable bonds is 30. The number of H-pyrrole nitrogens is 2. The molecule has 0 unspecified atom stereocenters. The van der Waals surface area contributed by atoms with E-state index < -0.39 is 139 Å². The van der Waals surface area contributed by atoms with E-state index >= 15 is 0 Å². The minimum absolute atomic E-state index is 0.00826. The molecule has 2 heterocycles. The molecule has 0 aliphatic carbocycles. The molecule has 0 spiro atoms. The van der Waals surface area contributed by atoms with E-state index in [4.69, 9.17) is 17.2 Å². The number of hydrogen-bond acceptors (Lipinski definition) is 14. The van der Waals surface area contributed by atoms with Gasteiger partial charge < -0.3 is 89.9 Å². The van der Waals surface area contributed by atoms with Crippen LogP contribution in [-0.2, 0) is 60.8 Å². The average Bonchev–Trinajstić information content (AvgIpc) is 3.97. The SMILES string of the molecule is C[C@H](NC(=O)[C@H](CCC(=O)O)NC(=O)[C@H](Cc1c[nH]c2ccccc12)NC(=O)[C@@H](NC(=O)[C@@H](N)[C@@H](C)O)[C@@H](C)O)C(=O)N[C@@H](Cc1c[nH]c2ccccc12)C(=O)N[C@@H](CC(=O)O)C(=O)N[C@@H](CCCN=C(N)N)C(=O)O. The van der Waals surface area contributed by atoms with Gasteiger partial charge in [-0.3, -0.25) is 48.1 Å². The second-order valence-electron chi connectivity index (χ2n) is 18.0. The lowest BCUT2D eigenvalue weighted by atomic mass is 10.0. The third-order valence-corrected chi connectivity index (χ3v) is 12.0. The van der Waals surface area contributed by atoms with Gasteiger partial charge in [-0.1, -0.05) is 36.4 Å². The molecule has 0 saturated heterocycles. The first-order valence-corrected chi connectivity index (χ1v) is 23.9. The number of aliphatic hydroxyl groups excluding tert-OH is 2. The van der Waals surface area contributed by atoms with Crippen LogP contribution < -0.4 is 54.4 Å². The van der Waals surface area contributed by atoms with Gasteiger partial charge in [-0.15, -0.1) is 0 Å². The maximum Gasteiger partial charge on any atom is 0.326 e. The van der Waals surface area contributed by atoms with Gasteiger partial charge in [-0.25, -0.2) is 4.79 Å². The van der Waals surface area contributed by atoms with Gasteiger partial charge in [0.15, 0.2) is 5.96 Å². The molecule has 28 heteroatoms. The van der Waals surface area contributed by atoms with E-state index in [9.17, 15) is 73.5 Å². The highest BCUT2D eigenvalue weighted by atomic mass is 16.4. The fourth-order valence-electron chi connectivity index (χ4n) is 7.77. The number of para-hydroxylation sites is 2. The first-order valence-electron chi connectivity index (χ1n) is 23.9. The molecule has 0 aliphatic rings. The Morgan fingerprint density at radius 3 is 1.51 bits per heavy atom. The van der Waals surface area contributed by atoms with Crippen molar-refractivity contribution in [1.29, 1.82) is 0 Å². The van der Waals surface area contributed by atoms with Crippen molar-refractivity contribution >= 4 is 87.0 Å². The van der Waals surface area contributed by atoms with Crippen LogP contribution in [-0.4, -0.2) is 168 Å². The third kappa shape index (κ3) is 17.8. The van der Waals surface area contributed by atoms with E-state index in [1.54, 1.807) is 60.9 Å². The molecule has 412 valence electrons. The number of fused-ring (bicyclic) bond motifs is 2. The molecule has 2 aromatic heterocycles. The van der Waals surface area contributed by atoms with Gasteiger partial charge in [-0.05, 0) is 63.3 Å². The molecule has 20 N–H and O–H groups in total. The number of aliphatic imine (C=N–C) groups is 1. The molecule has 10 atom stereocenters. The number of aromatic amines is 2. The van der Waals surface area contributed by atoms with E-state index in [1.807, 2.05) is 0 Å². The summed E-state index contributed by atoms with van der Waals surface area (Å²) in [5, 5.41) is 67.2. The topological polar surface area (TPSA) is 478 Å². The number of benzene rings is 2. The van der Waals surface area contributed by atoms with Crippen molar-refractivity contribution in [2.45, 2.75) is 126 Å². The average molecular weight is 1060 g/mol. The zero-order chi connectivity index (χ0) is 56.4. The van der Waals surface area contributed by atoms with E-state index in [1.165, 1.54) is 20.8 Å². The lowest BCUT2D eigenvalue weighted by Gasteiger charge is -2.28. The highest BCUT2D eigenvalue weighted by Gasteiger charge is 2.36. The Hall–Kier alpha value is -8.63. The number of aromatic nitrogens is 2. The highest BCUT2D eigenvalue weighted by molar-refractivity contribution is 5.99. The maximum atomic E-state index is 14.3. The Morgan fingerprint density at radius 1 is 0.553 bits per heavy atom. The fourth-order valence-corrected chi connectivity index (χ4v) is 7.77. The van der Waals surface area contributed by atoms with Crippen molar-refractivity contribution in [3.63, 3.8) is 0 Å². The zero-order valence-corrected chi connectivity index (χ0v) is 41.7. The number of hydrogen-bond donors (Lipinski definition) is 17. The Kier molecular flexibility index (Phi) is 22.2. The molecule has 0 aliphatic heterocycles. The van der Waals surface area contributed by atoms with Gasteiger partial charge in [0.1, 0.15) is 48.3 Å². The highest BCUT2D eigenvalue weighted by Crippen LogP contribution is 2.21. The molecule has 28 nitrogen and oxygen atoms in total. The Balaban J connectivity index is 1.60. The second kappa shape index (κ2) is 28.2. The van der Waals surface area contributed by atoms with Crippen LogP contribution in [0.3, 0.4) is 0 Å².